The maximum absolute atomic E-state index is 12.8. The molecule has 0 spiro atoms. The number of nitrogens with two attached hydrogens (primary N) is 1. The average molecular weight is 368 g/mol. The summed E-state index contributed by atoms with van der Waals surface area (Å²) in [6.07, 6.45) is 1.96. The van der Waals surface area contributed by atoms with Crippen LogP contribution in [-0.2, 0) is 6.54 Å². The van der Waals surface area contributed by atoms with Crippen LogP contribution >= 0.6 is 11.6 Å². The number of amides is 1. The molecule has 1 aliphatic heterocycles. The van der Waals surface area contributed by atoms with E-state index in [9.17, 15) is 4.79 Å². The summed E-state index contributed by atoms with van der Waals surface area (Å²) < 4.78 is 0. The van der Waals surface area contributed by atoms with E-state index in [1.807, 2.05) is 29.2 Å². The minimum Gasteiger partial charge on any atom is -0.351 e. The molecule has 1 amide bonds. The number of hydrogen-bond donors (Lipinski definition) is 2. The first-order valence-corrected chi connectivity index (χ1v) is 9.38. The van der Waals surface area contributed by atoms with Crippen molar-refractivity contribution in [3.63, 3.8) is 0 Å². The van der Waals surface area contributed by atoms with Crippen molar-refractivity contribution in [2.75, 3.05) is 13.1 Å². The minimum atomic E-state index is 0.0616. The van der Waals surface area contributed by atoms with Gasteiger partial charge in [0.15, 0.2) is 0 Å². The van der Waals surface area contributed by atoms with Gasteiger partial charge in [-0.3, -0.25) is 4.79 Å². The minimum absolute atomic E-state index is 0.0616. The number of halogens is 1. The van der Waals surface area contributed by atoms with Crippen LogP contribution in [0.15, 0.2) is 48.5 Å². The van der Waals surface area contributed by atoms with Gasteiger partial charge in [0.05, 0.1) is 0 Å². The van der Waals surface area contributed by atoms with Crippen molar-refractivity contribution >= 4 is 28.4 Å². The van der Waals surface area contributed by atoms with E-state index >= 15 is 0 Å². The second kappa shape index (κ2) is 7.14. The van der Waals surface area contributed by atoms with Crippen molar-refractivity contribution in [3.8, 4) is 0 Å². The molecule has 4 rings (SSSR count). The maximum Gasteiger partial charge on any atom is 0.270 e. The van der Waals surface area contributed by atoms with Crippen molar-refractivity contribution in [1.82, 2.24) is 9.88 Å². The number of aromatic nitrogens is 1. The largest absolute Gasteiger partial charge is 0.351 e. The van der Waals surface area contributed by atoms with Crippen molar-refractivity contribution in [2.24, 2.45) is 5.73 Å². The number of benzene rings is 2. The van der Waals surface area contributed by atoms with Gasteiger partial charge in [-0.25, -0.2) is 0 Å². The van der Waals surface area contributed by atoms with Gasteiger partial charge >= 0.3 is 0 Å². The predicted octanol–water partition coefficient (Wildman–Crippen LogP) is 4.30. The van der Waals surface area contributed by atoms with Crippen LogP contribution in [0.5, 0.6) is 0 Å². The fraction of sp³-hybridized carbons (Fsp3) is 0.286. The van der Waals surface area contributed by atoms with Gasteiger partial charge in [0.25, 0.3) is 5.91 Å². The highest BCUT2D eigenvalue weighted by molar-refractivity contribution is 6.31. The molecule has 0 saturated carbocycles. The normalized spacial score (nSPS) is 15.5. The third kappa shape index (κ3) is 3.35. The van der Waals surface area contributed by atoms with Gasteiger partial charge in [-0.1, -0.05) is 35.9 Å². The summed E-state index contributed by atoms with van der Waals surface area (Å²) in [7, 11) is 0. The van der Waals surface area contributed by atoms with E-state index in [1.165, 1.54) is 5.56 Å². The average Bonchev–Trinajstić information content (AvgIpc) is 3.10. The number of carbonyl (C=O) groups is 1. The zero-order valence-electron chi connectivity index (χ0n) is 14.5. The standard InChI is InChI=1S/C21H22ClN3O/c22-18-4-5-19-17(11-18)12-20(24-19)21(26)25-8-6-15(7-9-25)16-3-1-2-14(10-16)13-23/h1-5,10-12,15,24H,6-9,13,23H2. The molecule has 0 aliphatic carbocycles. The van der Waals surface area contributed by atoms with E-state index in [1.54, 1.807) is 0 Å². The highest BCUT2D eigenvalue weighted by Crippen LogP contribution is 2.29. The molecule has 1 aliphatic rings. The fourth-order valence-corrected chi connectivity index (χ4v) is 3.96. The summed E-state index contributed by atoms with van der Waals surface area (Å²) in [5.74, 6) is 0.554. The quantitative estimate of drug-likeness (QED) is 0.725. The Labute approximate surface area is 157 Å². The Hall–Kier alpha value is -2.30. The zero-order valence-corrected chi connectivity index (χ0v) is 15.3. The van der Waals surface area contributed by atoms with Crippen LogP contribution in [0.4, 0.5) is 0 Å². The number of nitrogens with one attached hydrogen (secondary N) is 1. The highest BCUT2D eigenvalue weighted by Gasteiger charge is 2.25. The van der Waals surface area contributed by atoms with E-state index in [4.69, 9.17) is 17.3 Å². The Morgan fingerprint density at radius 2 is 1.96 bits per heavy atom. The van der Waals surface area contributed by atoms with Crippen LogP contribution in [0.25, 0.3) is 10.9 Å². The highest BCUT2D eigenvalue weighted by atomic mass is 35.5. The predicted molar refractivity (Wildman–Crippen MR) is 106 cm³/mol. The molecular formula is C21H22ClN3O. The number of nitrogens with zero attached hydrogens (tertiary/aromatic N) is 1. The molecule has 0 bridgehead atoms. The molecule has 26 heavy (non-hydrogen) atoms. The number of carbonyl (C=O) groups excluding carboxylic acids is 1. The molecule has 3 aromatic rings. The fourth-order valence-electron chi connectivity index (χ4n) is 3.78. The first-order chi connectivity index (χ1) is 12.6. The Kier molecular flexibility index (Phi) is 4.70. The summed E-state index contributed by atoms with van der Waals surface area (Å²) >= 11 is 6.03. The van der Waals surface area contributed by atoms with E-state index < -0.39 is 0 Å². The van der Waals surface area contributed by atoms with E-state index in [0.29, 0.717) is 23.2 Å². The topological polar surface area (TPSA) is 62.1 Å². The number of fused-ring (bicyclic) bond motifs is 1. The van der Waals surface area contributed by atoms with E-state index in [2.05, 4.69) is 29.2 Å². The van der Waals surface area contributed by atoms with Gasteiger partial charge in [0, 0.05) is 35.6 Å². The number of aromatic amines is 1. The SMILES string of the molecule is NCc1cccc(C2CCN(C(=O)c3cc4cc(Cl)ccc4[nH]3)CC2)c1. The van der Waals surface area contributed by atoms with Crippen LogP contribution in [0.1, 0.15) is 40.4 Å². The molecule has 1 aromatic heterocycles. The Balaban J connectivity index is 1.45. The number of rotatable bonds is 3. The van der Waals surface area contributed by atoms with Crippen molar-refractivity contribution in [1.29, 1.82) is 0 Å². The maximum atomic E-state index is 12.8. The first-order valence-electron chi connectivity index (χ1n) is 9.00. The molecule has 4 nitrogen and oxygen atoms in total. The van der Waals surface area contributed by atoms with Crippen LogP contribution in [0.2, 0.25) is 5.02 Å². The third-order valence-electron chi connectivity index (χ3n) is 5.25. The third-order valence-corrected chi connectivity index (χ3v) is 5.49. The summed E-state index contributed by atoms with van der Waals surface area (Å²) in [5.41, 5.74) is 9.82. The summed E-state index contributed by atoms with van der Waals surface area (Å²) in [6, 6.07) is 16.0. The summed E-state index contributed by atoms with van der Waals surface area (Å²) in [6.45, 7) is 2.11. The lowest BCUT2D eigenvalue weighted by Gasteiger charge is -2.32. The number of likely N-dealkylation sites (tertiary alicyclic amines) is 1. The molecule has 2 heterocycles. The van der Waals surface area contributed by atoms with Crippen molar-refractivity contribution in [2.45, 2.75) is 25.3 Å². The van der Waals surface area contributed by atoms with E-state index in [0.717, 1.165) is 42.4 Å². The molecule has 1 fully saturated rings. The van der Waals surface area contributed by atoms with Gasteiger partial charge in [0.1, 0.15) is 5.69 Å². The van der Waals surface area contributed by atoms with Crippen LogP contribution in [0.3, 0.4) is 0 Å². The smallest absolute Gasteiger partial charge is 0.270 e. The Morgan fingerprint density at radius 3 is 2.73 bits per heavy atom. The second-order valence-corrected chi connectivity index (χ2v) is 7.37. The molecular weight excluding hydrogens is 346 g/mol. The molecule has 0 atom stereocenters. The monoisotopic (exact) mass is 367 g/mol. The zero-order chi connectivity index (χ0) is 18.1. The molecule has 0 unspecified atom stereocenters. The number of piperidine rings is 1. The van der Waals surface area contributed by atoms with E-state index in [-0.39, 0.29) is 5.91 Å². The summed E-state index contributed by atoms with van der Waals surface area (Å²) in [5, 5.41) is 1.64. The number of H-pyrrole nitrogens is 1. The summed E-state index contributed by atoms with van der Waals surface area (Å²) in [4.78, 5) is 18.0. The molecule has 2 aromatic carbocycles. The molecule has 3 N–H and O–H groups in total. The van der Waals surface area contributed by atoms with Gasteiger partial charge < -0.3 is 15.6 Å². The van der Waals surface area contributed by atoms with Crippen LogP contribution in [0, 0.1) is 0 Å². The number of hydrogen-bond acceptors (Lipinski definition) is 2. The lowest BCUT2D eigenvalue weighted by atomic mass is 9.88. The lowest BCUT2D eigenvalue weighted by molar-refractivity contribution is 0.0708. The van der Waals surface area contributed by atoms with Crippen molar-refractivity contribution in [3.05, 3.63) is 70.4 Å². The molecule has 1 saturated heterocycles. The van der Waals surface area contributed by atoms with Crippen LogP contribution in [-0.4, -0.2) is 28.9 Å². The molecule has 134 valence electrons. The van der Waals surface area contributed by atoms with Gasteiger partial charge in [-0.2, -0.15) is 0 Å². The molecule has 5 heteroatoms. The van der Waals surface area contributed by atoms with Gasteiger partial charge in [-0.15, -0.1) is 0 Å². The van der Waals surface area contributed by atoms with Crippen LogP contribution < -0.4 is 5.73 Å². The first kappa shape index (κ1) is 17.1. The lowest BCUT2D eigenvalue weighted by Crippen LogP contribution is -2.38. The van der Waals surface area contributed by atoms with Gasteiger partial charge in [0.2, 0.25) is 0 Å². The van der Waals surface area contributed by atoms with Crippen molar-refractivity contribution < 1.29 is 4.79 Å². The molecule has 0 radical (unpaired) electrons. The Bertz CT molecular complexity index is 941. The second-order valence-electron chi connectivity index (χ2n) is 6.93. The van der Waals surface area contributed by atoms with Gasteiger partial charge in [-0.05, 0) is 54.2 Å². The Morgan fingerprint density at radius 1 is 1.15 bits per heavy atom.